The SMILES string of the molecule is Cc1ccc(/C(=N/O)N2CCN(c3ccc(F)cc3)CC2)c(Oc2ccc(F)c(Cl)c2)n1. The fourth-order valence-electron chi connectivity index (χ4n) is 3.55. The summed E-state index contributed by atoms with van der Waals surface area (Å²) in [5.41, 5.74) is 2.13. The molecular formula is C23H21ClF2N4O2. The predicted molar refractivity (Wildman–Crippen MR) is 119 cm³/mol. The lowest BCUT2D eigenvalue weighted by atomic mass is 10.1. The van der Waals surface area contributed by atoms with Crippen molar-refractivity contribution >= 4 is 23.1 Å². The van der Waals surface area contributed by atoms with Gasteiger partial charge in [0, 0.05) is 43.6 Å². The van der Waals surface area contributed by atoms with Crippen LogP contribution in [0.15, 0.2) is 59.8 Å². The van der Waals surface area contributed by atoms with Crippen LogP contribution in [0.4, 0.5) is 14.5 Å². The maximum Gasteiger partial charge on any atom is 0.230 e. The Morgan fingerprint density at radius 3 is 2.41 bits per heavy atom. The van der Waals surface area contributed by atoms with Crippen molar-refractivity contribution in [2.45, 2.75) is 6.92 Å². The molecule has 32 heavy (non-hydrogen) atoms. The molecule has 0 saturated carbocycles. The summed E-state index contributed by atoms with van der Waals surface area (Å²) in [5.74, 6) is 0.0343. The standard InChI is InChI=1S/C23H21ClF2N4O2/c1-15-2-8-19(23(27-15)32-18-7-9-21(26)20(24)14-18)22(28-31)30-12-10-29(11-13-30)17-5-3-16(25)4-6-17/h2-9,14,31H,10-13H2,1H3/b28-22-. The quantitative estimate of drug-likeness (QED) is 0.256. The Balaban J connectivity index is 1.54. The molecule has 2 heterocycles. The molecule has 2 aromatic carbocycles. The number of halogens is 3. The van der Waals surface area contributed by atoms with Crippen molar-refractivity contribution < 1.29 is 18.7 Å². The summed E-state index contributed by atoms with van der Waals surface area (Å²) in [5, 5.41) is 13.3. The predicted octanol–water partition coefficient (Wildman–Crippen LogP) is 5.07. The Labute approximate surface area is 189 Å². The smallest absolute Gasteiger partial charge is 0.230 e. The van der Waals surface area contributed by atoms with Gasteiger partial charge in [0.1, 0.15) is 17.4 Å². The molecule has 1 aliphatic heterocycles. The van der Waals surface area contributed by atoms with Gasteiger partial charge >= 0.3 is 0 Å². The molecule has 6 nitrogen and oxygen atoms in total. The topological polar surface area (TPSA) is 61.2 Å². The number of piperazine rings is 1. The number of rotatable bonds is 4. The Morgan fingerprint density at radius 2 is 1.75 bits per heavy atom. The van der Waals surface area contributed by atoms with Gasteiger partial charge in [-0.2, -0.15) is 0 Å². The van der Waals surface area contributed by atoms with Gasteiger partial charge in [-0.05, 0) is 55.5 Å². The zero-order valence-electron chi connectivity index (χ0n) is 17.3. The molecule has 3 aromatic rings. The number of nitrogens with zero attached hydrogens (tertiary/aromatic N) is 4. The van der Waals surface area contributed by atoms with Crippen molar-refractivity contribution in [2.75, 3.05) is 31.1 Å². The van der Waals surface area contributed by atoms with E-state index in [-0.39, 0.29) is 16.7 Å². The summed E-state index contributed by atoms with van der Waals surface area (Å²) in [6.07, 6.45) is 0. The van der Waals surface area contributed by atoms with Gasteiger partial charge in [0.15, 0.2) is 5.84 Å². The first-order chi connectivity index (χ1) is 15.4. The molecule has 0 radical (unpaired) electrons. The van der Waals surface area contributed by atoms with E-state index in [2.05, 4.69) is 15.0 Å². The molecule has 0 unspecified atom stereocenters. The maximum absolute atomic E-state index is 13.5. The fraction of sp³-hybridized carbons (Fsp3) is 0.217. The third-order valence-electron chi connectivity index (χ3n) is 5.21. The zero-order valence-corrected chi connectivity index (χ0v) is 18.1. The highest BCUT2D eigenvalue weighted by atomic mass is 35.5. The minimum absolute atomic E-state index is 0.0651. The van der Waals surface area contributed by atoms with Gasteiger partial charge in [0.2, 0.25) is 5.88 Å². The van der Waals surface area contributed by atoms with Crippen molar-refractivity contribution in [3.8, 4) is 11.6 Å². The third-order valence-corrected chi connectivity index (χ3v) is 5.50. The molecule has 0 atom stereocenters. The number of hydrogen-bond acceptors (Lipinski definition) is 5. The molecule has 9 heteroatoms. The second kappa shape index (κ2) is 9.40. The van der Waals surface area contributed by atoms with E-state index in [1.54, 1.807) is 24.3 Å². The lowest BCUT2D eigenvalue weighted by molar-refractivity contribution is 0.295. The lowest BCUT2D eigenvalue weighted by Crippen LogP contribution is -2.49. The summed E-state index contributed by atoms with van der Waals surface area (Å²) in [6, 6.07) is 13.9. The molecule has 1 saturated heterocycles. The van der Waals surface area contributed by atoms with E-state index in [0.29, 0.717) is 49.0 Å². The second-order valence-corrected chi connectivity index (χ2v) is 7.76. The number of hydrogen-bond donors (Lipinski definition) is 1. The summed E-state index contributed by atoms with van der Waals surface area (Å²) >= 11 is 5.86. The van der Waals surface area contributed by atoms with Gasteiger partial charge in [-0.15, -0.1) is 0 Å². The van der Waals surface area contributed by atoms with Crippen LogP contribution in [0.2, 0.25) is 5.02 Å². The minimum Gasteiger partial charge on any atom is -0.438 e. The number of oxime groups is 1. The third kappa shape index (κ3) is 4.75. The highest BCUT2D eigenvalue weighted by molar-refractivity contribution is 6.30. The van der Waals surface area contributed by atoms with Crippen molar-refractivity contribution in [3.05, 3.63) is 82.5 Å². The monoisotopic (exact) mass is 458 g/mol. The molecule has 0 aliphatic carbocycles. The van der Waals surface area contributed by atoms with Crippen LogP contribution in [0.5, 0.6) is 11.6 Å². The van der Waals surface area contributed by atoms with E-state index < -0.39 is 5.82 Å². The maximum atomic E-state index is 13.5. The van der Waals surface area contributed by atoms with Crippen LogP contribution >= 0.6 is 11.6 Å². The highest BCUT2D eigenvalue weighted by Crippen LogP contribution is 2.29. The van der Waals surface area contributed by atoms with Gasteiger partial charge in [-0.25, -0.2) is 13.8 Å². The molecule has 0 spiro atoms. The summed E-state index contributed by atoms with van der Waals surface area (Å²) in [4.78, 5) is 8.49. The van der Waals surface area contributed by atoms with E-state index in [1.165, 1.54) is 30.3 Å². The van der Waals surface area contributed by atoms with E-state index >= 15 is 0 Å². The van der Waals surface area contributed by atoms with Crippen LogP contribution in [-0.4, -0.2) is 47.1 Å². The average molecular weight is 459 g/mol. The van der Waals surface area contributed by atoms with Crippen LogP contribution in [0, 0.1) is 18.6 Å². The molecule has 1 aromatic heterocycles. The number of aryl methyl sites for hydroxylation is 1. The first-order valence-corrected chi connectivity index (χ1v) is 10.4. The van der Waals surface area contributed by atoms with Crippen LogP contribution in [0.3, 0.4) is 0 Å². The highest BCUT2D eigenvalue weighted by Gasteiger charge is 2.25. The zero-order chi connectivity index (χ0) is 22.7. The van der Waals surface area contributed by atoms with Gasteiger partial charge in [0.05, 0.1) is 10.6 Å². The number of aromatic nitrogens is 1. The van der Waals surface area contributed by atoms with Crippen molar-refractivity contribution in [3.63, 3.8) is 0 Å². The fourth-order valence-corrected chi connectivity index (χ4v) is 3.72. The van der Waals surface area contributed by atoms with Gasteiger partial charge in [-0.1, -0.05) is 16.8 Å². The molecule has 166 valence electrons. The molecule has 1 N–H and O–H groups in total. The van der Waals surface area contributed by atoms with Crippen LogP contribution in [0.25, 0.3) is 0 Å². The largest absolute Gasteiger partial charge is 0.438 e. The Bertz CT molecular complexity index is 1130. The summed E-state index contributed by atoms with van der Waals surface area (Å²) < 4.78 is 32.6. The van der Waals surface area contributed by atoms with Crippen LogP contribution in [0.1, 0.15) is 11.3 Å². The van der Waals surface area contributed by atoms with E-state index in [1.807, 2.05) is 11.8 Å². The molecule has 1 fully saturated rings. The summed E-state index contributed by atoms with van der Waals surface area (Å²) in [7, 11) is 0. The number of amidine groups is 1. The Morgan fingerprint density at radius 1 is 1.03 bits per heavy atom. The number of ether oxygens (including phenoxy) is 1. The van der Waals surface area contributed by atoms with E-state index in [0.717, 1.165) is 5.69 Å². The van der Waals surface area contributed by atoms with Crippen molar-refractivity contribution in [1.29, 1.82) is 0 Å². The van der Waals surface area contributed by atoms with Crippen molar-refractivity contribution in [1.82, 2.24) is 9.88 Å². The molecular weight excluding hydrogens is 438 g/mol. The normalized spacial score (nSPS) is 14.6. The second-order valence-electron chi connectivity index (χ2n) is 7.36. The first kappa shape index (κ1) is 21.8. The van der Waals surface area contributed by atoms with Crippen LogP contribution in [-0.2, 0) is 0 Å². The van der Waals surface area contributed by atoms with Gasteiger partial charge < -0.3 is 19.7 Å². The number of anilines is 1. The Kier molecular flexibility index (Phi) is 6.41. The number of pyridine rings is 1. The molecule has 4 rings (SSSR count). The van der Waals surface area contributed by atoms with E-state index in [4.69, 9.17) is 16.3 Å². The first-order valence-electron chi connectivity index (χ1n) is 10.0. The van der Waals surface area contributed by atoms with E-state index in [9.17, 15) is 14.0 Å². The Hall–Kier alpha value is -3.39. The minimum atomic E-state index is -0.548. The van der Waals surface area contributed by atoms with Gasteiger partial charge in [0.25, 0.3) is 0 Å². The average Bonchev–Trinajstić information content (AvgIpc) is 2.79. The lowest BCUT2D eigenvalue weighted by Gasteiger charge is -2.37. The molecule has 0 amide bonds. The summed E-state index contributed by atoms with van der Waals surface area (Å²) in [6.45, 7) is 4.28. The van der Waals surface area contributed by atoms with Gasteiger partial charge in [-0.3, -0.25) is 0 Å². The van der Waals surface area contributed by atoms with Crippen molar-refractivity contribution in [2.24, 2.45) is 5.16 Å². The molecule has 1 aliphatic rings. The van der Waals surface area contributed by atoms with Crippen LogP contribution < -0.4 is 9.64 Å². The number of benzene rings is 2. The molecule has 0 bridgehead atoms.